The molecule has 2 aromatic rings. The average molecular weight is 334 g/mol. The summed E-state index contributed by atoms with van der Waals surface area (Å²) in [4.78, 5) is 5.78. The van der Waals surface area contributed by atoms with Crippen molar-refractivity contribution < 1.29 is 14.2 Å². The first-order valence-corrected chi connectivity index (χ1v) is 8.54. The summed E-state index contributed by atoms with van der Waals surface area (Å²) in [7, 11) is 1.65. The Morgan fingerprint density at radius 1 is 1.30 bits per heavy atom. The Morgan fingerprint density at radius 3 is 2.78 bits per heavy atom. The summed E-state index contributed by atoms with van der Waals surface area (Å²) in [5.74, 6) is 2.17. The second kappa shape index (κ2) is 6.76. The summed E-state index contributed by atoms with van der Waals surface area (Å²) in [5.41, 5.74) is 2.21. The molecule has 0 fully saturated rings. The number of nitrogens with zero attached hydrogens (tertiary/aromatic N) is 1. The molecule has 0 saturated heterocycles. The van der Waals surface area contributed by atoms with Crippen molar-refractivity contribution in [2.75, 3.05) is 20.3 Å². The Kier molecular flexibility index (Phi) is 4.73. The van der Waals surface area contributed by atoms with Gasteiger partial charge in [-0.05, 0) is 38.5 Å². The van der Waals surface area contributed by atoms with Crippen LogP contribution in [0.2, 0.25) is 0 Å². The number of aromatic nitrogens is 1. The molecule has 1 aromatic carbocycles. The van der Waals surface area contributed by atoms with Crippen LogP contribution in [0.15, 0.2) is 12.1 Å². The van der Waals surface area contributed by atoms with Gasteiger partial charge in [0.2, 0.25) is 5.75 Å². The maximum atomic E-state index is 5.68. The lowest BCUT2D eigenvalue weighted by Gasteiger charge is -2.22. The van der Waals surface area contributed by atoms with Crippen molar-refractivity contribution in [2.45, 2.75) is 33.4 Å². The van der Waals surface area contributed by atoms with Crippen molar-refractivity contribution in [1.29, 1.82) is 0 Å². The first kappa shape index (κ1) is 16.1. The minimum atomic E-state index is 0.250. The normalized spacial score (nSPS) is 14.6. The summed E-state index contributed by atoms with van der Waals surface area (Å²) in [5, 5.41) is 4.65. The molecule has 1 aromatic heterocycles. The Morgan fingerprint density at radius 2 is 2.09 bits per heavy atom. The van der Waals surface area contributed by atoms with E-state index in [1.165, 1.54) is 4.88 Å². The third-order valence-electron chi connectivity index (χ3n) is 3.83. The van der Waals surface area contributed by atoms with Gasteiger partial charge in [0.05, 0.1) is 17.8 Å². The van der Waals surface area contributed by atoms with E-state index < -0.39 is 0 Å². The van der Waals surface area contributed by atoms with E-state index >= 15 is 0 Å². The minimum Gasteiger partial charge on any atom is -0.493 e. The molecule has 1 aliphatic heterocycles. The highest BCUT2D eigenvalue weighted by molar-refractivity contribution is 7.11. The molecule has 1 atom stereocenters. The van der Waals surface area contributed by atoms with E-state index in [0.29, 0.717) is 19.0 Å². The second-order valence-corrected chi connectivity index (χ2v) is 6.84. The van der Waals surface area contributed by atoms with Gasteiger partial charge in [0.15, 0.2) is 11.5 Å². The van der Waals surface area contributed by atoms with Crippen molar-refractivity contribution in [3.05, 3.63) is 33.3 Å². The fourth-order valence-electron chi connectivity index (χ4n) is 2.74. The number of rotatable bonds is 5. The summed E-state index contributed by atoms with van der Waals surface area (Å²) in [6, 6.07) is 4.26. The lowest BCUT2D eigenvalue weighted by molar-refractivity contribution is 0.165. The van der Waals surface area contributed by atoms with Crippen LogP contribution in [0.4, 0.5) is 0 Å². The van der Waals surface area contributed by atoms with Crippen LogP contribution in [0.5, 0.6) is 17.2 Å². The zero-order chi connectivity index (χ0) is 16.4. The third-order valence-corrected chi connectivity index (χ3v) is 5.09. The Balaban J connectivity index is 1.74. The molecule has 1 aliphatic rings. The maximum Gasteiger partial charge on any atom is 0.203 e. The van der Waals surface area contributed by atoms with Crippen LogP contribution in [0.25, 0.3) is 0 Å². The smallest absolute Gasteiger partial charge is 0.203 e. The average Bonchev–Trinajstić information content (AvgIpc) is 2.90. The van der Waals surface area contributed by atoms with Crippen molar-refractivity contribution in [3.8, 4) is 17.2 Å². The zero-order valence-electron chi connectivity index (χ0n) is 13.9. The number of thiazole rings is 1. The van der Waals surface area contributed by atoms with Gasteiger partial charge in [-0.25, -0.2) is 4.98 Å². The molecule has 0 bridgehead atoms. The van der Waals surface area contributed by atoms with Crippen LogP contribution in [0.1, 0.15) is 34.1 Å². The van der Waals surface area contributed by atoms with E-state index in [4.69, 9.17) is 14.2 Å². The number of hydrogen-bond acceptors (Lipinski definition) is 6. The quantitative estimate of drug-likeness (QED) is 0.908. The molecule has 0 spiro atoms. The molecular formula is C17H22N2O3S. The Hall–Kier alpha value is -1.79. The van der Waals surface area contributed by atoms with E-state index in [1.54, 1.807) is 18.4 Å². The standard InChI is InChI=1S/C17H22N2O3S/c1-10(17-11(2)19-12(3)23-17)18-9-13-7-14(20-4)16-15(8-13)21-5-6-22-16/h7-8,10,18H,5-6,9H2,1-4H3/t10-/m0/s1. The number of benzene rings is 1. The summed E-state index contributed by atoms with van der Waals surface area (Å²) in [6.45, 7) is 8.12. The number of fused-ring (bicyclic) bond motifs is 1. The first-order chi connectivity index (χ1) is 11.1. The molecule has 0 aliphatic carbocycles. The van der Waals surface area contributed by atoms with Gasteiger partial charge in [0.1, 0.15) is 13.2 Å². The van der Waals surface area contributed by atoms with Crippen LogP contribution in [-0.2, 0) is 6.54 Å². The van der Waals surface area contributed by atoms with Crippen molar-refractivity contribution in [2.24, 2.45) is 0 Å². The third kappa shape index (κ3) is 3.43. The molecule has 0 unspecified atom stereocenters. The summed E-state index contributed by atoms with van der Waals surface area (Å²) >= 11 is 1.75. The van der Waals surface area contributed by atoms with Gasteiger partial charge in [0.25, 0.3) is 0 Å². The highest BCUT2D eigenvalue weighted by Gasteiger charge is 2.19. The molecule has 0 radical (unpaired) electrons. The molecule has 124 valence electrons. The zero-order valence-corrected chi connectivity index (χ0v) is 14.8. The Bertz CT molecular complexity index is 682. The Labute approximate surface area is 140 Å². The van der Waals surface area contributed by atoms with E-state index in [9.17, 15) is 0 Å². The van der Waals surface area contributed by atoms with E-state index in [-0.39, 0.29) is 6.04 Å². The lowest BCUT2D eigenvalue weighted by atomic mass is 10.1. The predicted molar refractivity (Wildman–Crippen MR) is 90.8 cm³/mol. The van der Waals surface area contributed by atoms with E-state index in [1.807, 2.05) is 19.1 Å². The summed E-state index contributed by atoms with van der Waals surface area (Å²) in [6.07, 6.45) is 0. The number of methoxy groups -OCH3 is 1. The van der Waals surface area contributed by atoms with Gasteiger partial charge in [0, 0.05) is 17.5 Å². The molecule has 0 amide bonds. The lowest BCUT2D eigenvalue weighted by Crippen LogP contribution is -2.19. The monoisotopic (exact) mass is 334 g/mol. The second-order valence-electron chi connectivity index (χ2n) is 5.61. The molecule has 6 heteroatoms. The van der Waals surface area contributed by atoms with E-state index in [0.717, 1.165) is 34.3 Å². The SMILES string of the molecule is COc1cc(CN[C@@H](C)c2sc(C)nc2C)cc2c1OCCO2. The minimum absolute atomic E-state index is 0.250. The number of nitrogens with one attached hydrogen (secondary N) is 1. The van der Waals surface area contributed by atoms with Crippen molar-refractivity contribution >= 4 is 11.3 Å². The van der Waals surface area contributed by atoms with Crippen LogP contribution in [-0.4, -0.2) is 25.3 Å². The van der Waals surface area contributed by atoms with E-state index in [2.05, 4.69) is 24.1 Å². The van der Waals surface area contributed by atoms with Gasteiger partial charge in [-0.2, -0.15) is 0 Å². The van der Waals surface area contributed by atoms with Gasteiger partial charge in [-0.15, -0.1) is 11.3 Å². The molecule has 1 N–H and O–H groups in total. The summed E-state index contributed by atoms with van der Waals surface area (Å²) < 4.78 is 16.7. The highest BCUT2D eigenvalue weighted by atomic mass is 32.1. The van der Waals surface area contributed by atoms with Gasteiger partial charge in [-0.1, -0.05) is 0 Å². The molecule has 2 heterocycles. The molecule has 0 saturated carbocycles. The topological polar surface area (TPSA) is 52.6 Å². The van der Waals surface area contributed by atoms with Gasteiger partial charge < -0.3 is 19.5 Å². The van der Waals surface area contributed by atoms with Crippen LogP contribution < -0.4 is 19.5 Å². The van der Waals surface area contributed by atoms with Gasteiger partial charge in [-0.3, -0.25) is 0 Å². The largest absolute Gasteiger partial charge is 0.493 e. The van der Waals surface area contributed by atoms with Crippen LogP contribution in [0.3, 0.4) is 0 Å². The highest BCUT2D eigenvalue weighted by Crippen LogP contribution is 2.40. The van der Waals surface area contributed by atoms with Crippen molar-refractivity contribution in [3.63, 3.8) is 0 Å². The molecule has 23 heavy (non-hydrogen) atoms. The first-order valence-electron chi connectivity index (χ1n) is 7.72. The van der Waals surface area contributed by atoms with Crippen LogP contribution in [0, 0.1) is 13.8 Å². The number of hydrogen-bond donors (Lipinski definition) is 1. The number of ether oxygens (including phenoxy) is 3. The van der Waals surface area contributed by atoms with Crippen LogP contribution >= 0.6 is 11.3 Å². The fourth-order valence-corrected chi connectivity index (χ4v) is 3.70. The molecule has 3 rings (SSSR count). The maximum absolute atomic E-state index is 5.68. The van der Waals surface area contributed by atoms with Crippen molar-refractivity contribution in [1.82, 2.24) is 10.3 Å². The molecular weight excluding hydrogens is 312 g/mol. The number of aryl methyl sites for hydroxylation is 2. The van der Waals surface area contributed by atoms with Gasteiger partial charge >= 0.3 is 0 Å². The predicted octanol–water partition coefficient (Wildman–Crippen LogP) is 3.39. The fraction of sp³-hybridized carbons (Fsp3) is 0.471. The molecule has 5 nitrogen and oxygen atoms in total.